The van der Waals surface area contributed by atoms with E-state index in [2.05, 4.69) is 0 Å². The Kier molecular flexibility index (Phi) is 5.80. The highest BCUT2D eigenvalue weighted by Gasteiger charge is 2.16. The summed E-state index contributed by atoms with van der Waals surface area (Å²) in [5.41, 5.74) is 0.355. The molecule has 1 aromatic carbocycles. The number of ether oxygens (including phenoxy) is 1. The van der Waals surface area contributed by atoms with Crippen molar-refractivity contribution in [3.8, 4) is 0 Å². The third kappa shape index (κ3) is 4.12. The van der Waals surface area contributed by atoms with Gasteiger partial charge in [0, 0.05) is 31.1 Å². The van der Waals surface area contributed by atoms with Gasteiger partial charge < -0.3 is 4.74 Å². The minimum atomic E-state index is -0.453. The van der Waals surface area contributed by atoms with E-state index in [-0.39, 0.29) is 11.5 Å². The van der Waals surface area contributed by atoms with Crippen molar-refractivity contribution in [1.29, 1.82) is 0 Å². The van der Waals surface area contributed by atoms with E-state index in [0.29, 0.717) is 17.1 Å². The molecule has 0 bridgehead atoms. The second-order valence-corrected chi connectivity index (χ2v) is 4.83. The molecule has 18 heavy (non-hydrogen) atoms. The van der Waals surface area contributed by atoms with Gasteiger partial charge in [0.2, 0.25) is 0 Å². The molecule has 0 aliphatic heterocycles. The molecule has 0 heterocycles. The number of nitro benzene ring substituents is 1. The van der Waals surface area contributed by atoms with Crippen LogP contribution in [0.2, 0.25) is 0 Å². The Morgan fingerprint density at radius 2 is 2.22 bits per heavy atom. The summed E-state index contributed by atoms with van der Waals surface area (Å²) in [6.07, 6.45) is 0.826. The predicted octanol–water partition coefficient (Wildman–Crippen LogP) is 2.93. The van der Waals surface area contributed by atoms with E-state index in [1.165, 1.54) is 24.8 Å². The molecule has 0 saturated carbocycles. The van der Waals surface area contributed by atoms with Crippen LogP contribution in [0.3, 0.4) is 0 Å². The van der Waals surface area contributed by atoms with Crippen LogP contribution in [0.15, 0.2) is 23.1 Å². The zero-order valence-corrected chi connectivity index (χ0v) is 11.2. The molecule has 0 aromatic heterocycles. The van der Waals surface area contributed by atoms with Gasteiger partial charge in [0.15, 0.2) is 5.78 Å². The molecule has 0 fully saturated rings. The van der Waals surface area contributed by atoms with Crippen LogP contribution in [0.5, 0.6) is 0 Å². The standard InChI is InChI=1S/C12H15NO4S/c1-9(14)10-4-5-12(11(8-10)13(15)16)18-7-3-6-17-2/h4-5,8H,3,6-7H2,1-2H3. The number of carbonyl (C=O) groups excluding carboxylic acids is 1. The van der Waals surface area contributed by atoms with Crippen molar-refractivity contribution in [3.63, 3.8) is 0 Å². The lowest BCUT2D eigenvalue weighted by atomic mass is 10.1. The Bertz CT molecular complexity index is 448. The first-order valence-corrected chi connectivity index (χ1v) is 6.46. The molecule has 0 radical (unpaired) electrons. The Labute approximate surface area is 110 Å². The van der Waals surface area contributed by atoms with E-state index in [9.17, 15) is 14.9 Å². The van der Waals surface area contributed by atoms with Crippen LogP contribution in [-0.4, -0.2) is 30.2 Å². The average Bonchev–Trinajstić information content (AvgIpc) is 2.34. The van der Waals surface area contributed by atoms with Gasteiger partial charge in [0.1, 0.15) is 0 Å². The maximum atomic E-state index is 11.2. The Balaban J connectivity index is 2.83. The van der Waals surface area contributed by atoms with Crippen LogP contribution >= 0.6 is 11.8 Å². The summed E-state index contributed by atoms with van der Waals surface area (Å²) >= 11 is 1.40. The van der Waals surface area contributed by atoms with Crippen LogP contribution in [0.4, 0.5) is 5.69 Å². The van der Waals surface area contributed by atoms with Crippen molar-refractivity contribution in [2.45, 2.75) is 18.2 Å². The number of ketones is 1. The summed E-state index contributed by atoms with van der Waals surface area (Å²) < 4.78 is 4.92. The molecule has 1 rings (SSSR count). The SMILES string of the molecule is COCCCSc1ccc(C(C)=O)cc1[N+](=O)[O-]. The molecule has 0 aliphatic rings. The summed E-state index contributed by atoms with van der Waals surface area (Å²) in [5, 5.41) is 10.9. The highest BCUT2D eigenvalue weighted by molar-refractivity contribution is 7.99. The van der Waals surface area contributed by atoms with Gasteiger partial charge in [-0.05, 0) is 25.5 Å². The summed E-state index contributed by atoms with van der Waals surface area (Å²) in [6.45, 7) is 2.02. The van der Waals surface area contributed by atoms with Crippen molar-refractivity contribution in [1.82, 2.24) is 0 Å². The van der Waals surface area contributed by atoms with E-state index in [1.807, 2.05) is 0 Å². The fourth-order valence-electron chi connectivity index (χ4n) is 1.39. The number of nitrogens with zero attached hydrogens (tertiary/aromatic N) is 1. The molecule has 0 atom stereocenters. The normalized spacial score (nSPS) is 10.3. The molecule has 0 aliphatic carbocycles. The summed E-state index contributed by atoms with van der Waals surface area (Å²) in [5.74, 6) is 0.572. The fraction of sp³-hybridized carbons (Fsp3) is 0.417. The minimum absolute atomic E-state index is 0.00915. The monoisotopic (exact) mass is 269 g/mol. The van der Waals surface area contributed by atoms with E-state index >= 15 is 0 Å². The quantitative estimate of drug-likeness (QED) is 0.250. The van der Waals surface area contributed by atoms with Gasteiger partial charge >= 0.3 is 0 Å². The number of hydrogen-bond acceptors (Lipinski definition) is 5. The molecule has 6 heteroatoms. The third-order valence-corrected chi connectivity index (χ3v) is 3.46. The molecule has 0 unspecified atom stereocenters. The Morgan fingerprint density at radius 1 is 1.50 bits per heavy atom. The first kappa shape index (κ1) is 14.7. The van der Waals surface area contributed by atoms with Crippen molar-refractivity contribution in [2.75, 3.05) is 19.5 Å². The van der Waals surface area contributed by atoms with Crippen molar-refractivity contribution in [3.05, 3.63) is 33.9 Å². The van der Waals surface area contributed by atoms with Gasteiger partial charge in [-0.25, -0.2) is 0 Å². The van der Waals surface area contributed by atoms with E-state index in [1.54, 1.807) is 19.2 Å². The number of hydrogen-bond donors (Lipinski definition) is 0. The van der Waals surface area contributed by atoms with E-state index < -0.39 is 4.92 Å². The van der Waals surface area contributed by atoms with Crippen LogP contribution in [0, 0.1) is 10.1 Å². The molecule has 0 saturated heterocycles. The van der Waals surface area contributed by atoms with Gasteiger partial charge in [-0.3, -0.25) is 14.9 Å². The maximum absolute atomic E-state index is 11.2. The molecule has 5 nitrogen and oxygen atoms in total. The summed E-state index contributed by atoms with van der Waals surface area (Å²) in [6, 6.07) is 4.58. The third-order valence-electron chi connectivity index (χ3n) is 2.31. The first-order chi connectivity index (χ1) is 8.56. The lowest BCUT2D eigenvalue weighted by Crippen LogP contribution is -1.98. The number of Topliss-reactive ketones (excluding diaryl/α,β-unsaturated/α-hetero) is 1. The average molecular weight is 269 g/mol. The predicted molar refractivity (Wildman–Crippen MR) is 70.3 cm³/mol. The zero-order valence-electron chi connectivity index (χ0n) is 10.3. The fourth-order valence-corrected chi connectivity index (χ4v) is 2.31. The minimum Gasteiger partial charge on any atom is -0.385 e. The van der Waals surface area contributed by atoms with Crippen LogP contribution < -0.4 is 0 Å². The number of rotatable bonds is 7. The molecule has 0 spiro atoms. The Hall–Kier alpha value is -1.40. The smallest absolute Gasteiger partial charge is 0.283 e. The number of thioether (sulfide) groups is 1. The number of carbonyl (C=O) groups is 1. The lowest BCUT2D eigenvalue weighted by Gasteiger charge is -2.04. The van der Waals surface area contributed by atoms with Crippen molar-refractivity contribution < 1.29 is 14.5 Å². The molecular weight excluding hydrogens is 254 g/mol. The van der Waals surface area contributed by atoms with Gasteiger partial charge in [-0.2, -0.15) is 0 Å². The van der Waals surface area contributed by atoms with E-state index in [0.717, 1.165) is 12.2 Å². The first-order valence-electron chi connectivity index (χ1n) is 5.47. The van der Waals surface area contributed by atoms with Crippen LogP contribution in [-0.2, 0) is 4.74 Å². The topological polar surface area (TPSA) is 69.4 Å². The molecule has 0 amide bonds. The van der Waals surface area contributed by atoms with Crippen LogP contribution in [0.1, 0.15) is 23.7 Å². The zero-order chi connectivity index (χ0) is 13.5. The largest absolute Gasteiger partial charge is 0.385 e. The van der Waals surface area contributed by atoms with Gasteiger partial charge in [0.05, 0.1) is 9.82 Å². The number of methoxy groups -OCH3 is 1. The number of nitro groups is 1. The molecule has 0 N–H and O–H groups in total. The summed E-state index contributed by atoms with van der Waals surface area (Å²) in [7, 11) is 1.62. The van der Waals surface area contributed by atoms with Gasteiger partial charge in [-0.1, -0.05) is 0 Å². The lowest BCUT2D eigenvalue weighted by molar-refractivity contribution is -0.387. The molecular formula is C12H15NO4S. The van der Waals surface area contributed by atoms with Gasteiger partial charge in [-0.15, -0.1) is 11.8 Å². The van der Waals surface area contributed by atoms with E-state index in [4.69, 9.17) is 4.74 Å². The highest BCUT2D eigenvalue weighted by Crippen LogP contribution is 2.30. The maximum Gasteiger partial charge on any atom is 0.283 e. The second kappa shape index (κ2) is 7.13. The molecule has 1 aromatic rings. The van der Waals surface area contributed by atoms with Crippen LogP contribution in [0.25, 0.3) is 0 Å². The van der Waals surface area contributed by atoms with Crippen molar-refractivity contribution >= 4 is 23.2 Å². The van der Waals surface area contributed by atoms with Gasteiger partial charge in [0.25, 0.3) is 5.69 Å². The number of benzene rings is 1. The van der Waals surface area contributed by atoms with Crippen molar-refractivity contribution in [2.24, 2.45) is 0 Å². The second-order valence-electron chi connectivity index (χ2n) is 3.69. The Morgan fingerprint density at radius 3 is 2.78 bits per heavy atom. The highest BCUT2D eigenvalue weighted by atomic mass is 32.2. The molecule has 98 valence electrons. The summed E-state index contributed by atoms with van der Waals surface area (Å²) in [4.78, 5) is 22.3.